The first kappa shape index (κ1) is 14.8. The molecule has 1 aromatic carbocycles. The molecule has 0 atom stereocenters. The van der Waals surface area contributed by atoms with Crippen LogP contribution in [0.4, 0.5) is 0 Å². The number of phenols is 1. The van der Waals surface area contributed by atoms with Crippen molar-refractivity contribution in [1.29, 1.82) is 0 Å². The summed E-state index contributed by atoms with van der Waals surface area (Å²) < 4.78 is 10.5. The number of carbonyl (C=O) groups excluding carboxylic acids is 2. The lowest BCUT2D eigenvalue weighted by Gasteiger charge is -2.19. The van der Waals surface area contributed by atoms with Gasteiger partial charge in [0.25, 0.3) is 0 Å². The second-order valence-corrected chi connectivity index (χ2v) is 5.55. The standard InChI is InChI=1S/C16H16O5/c1-16(2,3)21-15(19)10-4-6-12(13(18)8-10)14-7-5-11(9-17)20-14/h4-9,18H,1-3H3. The van der Waals surface area contributed by atoms with E-state index in [-0.39, 0.29) is 17.1 Å². The summed E-state index contributed by atoms with van der Waals surface area (Å²) in [4.78, 5) is 22.5. The van der Waals surface area contributed by atoms with Gasteiger partial charge < -0.3 is 14.3 Å². The number of benzene rings is 1. The van der Waals surface area contributed by atoms with E-state index in [1.165, 1.54) is 18.2 Å². The average molecular weight is 288 g/mol. The Morgan fingerprint density at radius 3 is 2.48 bits per heavy atom. The summed E-state index contributed by atoms with van der Waals surface area (Å²) in [6.07, 6.45) is 0.579. The SMILES string of the molecule is CC(C)(C)OC(=O)c1ccc(-c2ccc(C=O)o2)c(O)c1. The zero-order valence-electron chi connectivity index (χ0n) is 12.0. The van der Waals surface area contributed by atoms with E-state index in [0.717, 1.165) is 0 Å². The van der Waals surface area contributed by atoms with E-state index in [1.807, 2.05) is 0 Å². The van der Waals surface area contributed by atoms with Crippen LogP contribution in [-0.2, 0) is 4.74 Å². The third-order valence-corrected chi connectivity index (χ3v) is 2.64. The Kier molecular flexibility index (Phi) is 3.84. The van der Waals surface area contributed by atoms with Crippen molar-refractivity contribution in [3.8, 4) is 17.1 Å². The van der Waals surface area contributed by atoms with Crippen LogP contribution in [-0.4, -0.2) is 23.0 Å². The van der Waals surface area contributed by atoms with Gasteiger partial charge in [-0.1, -0.05) is 0 Å². The zero-order valence-corrected chi connectivity index (χ0v) is 12.0. The lowest BCUT2D eigenvalue weighted by molar-refractivity contribution is 0.00690. The molecule has 0 aliphatic heterocycles. The van der Waals surface area contributed by atoms with Gasteiger partial charge in [-0.05, 0) is 51.1 Å². The van der Waals surface area contributed by atoms with E-state index in [2.05, 4.69) is 0 Å². The smallest absolute Gasteiger partial charge is 0.338 e. The average Bonchev–Trinajstić information content (AvgIpc) is 2.85. The molecule has 2 rings (SSSR count). The minimum absolute atomic E-state index is 0.120. The minimum Gasteiger partial charge on any atom is -0.507 e. The van der Waals surface area contributed by atoms with Crippen LogP contribution >= 0.6 is 0 Å². The van der Waals surface area contributed by atoms with Crippen LogP contribution in [0.25, 0.3) is 11.3 Å². The Balaban J connectivity index is 2.29. The number of phenolic OH excluding ortho intramolecular Hbond substituents is 1. The van der Waals surface area contributed by atoms with Gasteiger partial charge in [0.1, 0.15) is 17.1 Å². The number of hydrogen-bond acceptors (Lipinski definition) is 5. The van der Waals surface area contributed by atoms with Crippen LogP contribution < -0.4 is 0 Å². The Morgan fingerprint density at radius 2 is 1.95 bits per heavy atom. The number of rotatable bonds is 3. The van der Waals surface area contributed by atoms with Crippen molar-refractivity contribution in [2.45, 2.75) is 26.4 Å². The fourth-order valence-corrected chi connectivity index (χ4v) is 1.76. The van der Waals surface area contributed by atoms with E-state index in [1.54, 1.807) is 32.9 Å². The maximum atomic E-state index is 11.9. The van der Waals surface area contributed by atoms with Crippen LogP contribution in [0.2, 0.25) is 0 Å². The van der Waals surface area contributed by atoms with Gasteiger partial charge in [-0.25, -0.2) is 4.79 Å². The molecular weight excluding hydrogens is 272 g/mol. The fourth-order valence-electron chi connectivity index (χ4n) is 1.76. The summed E-state index contributed by atoms with van der Waals surface area (Å²) in [5.41, 5.74) is 0.0365. The summed E-state index contributed by atoms with van der Waals surface area (Å²) >= 11 is 0. The van der Waals surface area contributed by atoms with Crippen LogP contribution in [0.15, 0.2) is 34.7 Å². The van der Waals surface area contributed by atoms with E-state index in [9.17, 15) is 14.7 Å². The maximum absolute atomic E-state index is 11.9. The summed E-state index contributed by atoms with van der Waals surface area (Å²) in [5, 5.41) is 10.0. The summed E-state index contributed by atoms with van der Waals surface area (Å²) in [6, 6.07) is 7.47. The molecule has 1 aromatic heterocycles. The van der Waals surface area contributed by atoms with Crippen molar-refractivity contribution in [2.24, 2.45) is 0 Å². The molecule has 5 nitrogen and oxygen atoms in total. The number of aromatic hydroxyl groups is 1. The van der Waals surface area contributed by atoms with Crippen LogP contribution in [0.1, 0.15) is 41.7 Å². The quantitative estimate of drug-likeness (QED) is 0.691. The van der Waals surface area contributed by atoms with Gasteiger partial charge in [-0.3, -0.25) is 4.79 Å². The number of furan rings is 1. The zero-order chi connectivity index (χ0) is 15.6. The number of hydrogen-bond donors (Lipinski definition) is 1. The van der Waals surface area contributed by atoms with Crippen molar-refractivity contribution >= 4 is 12.3 Å². The first-order valence-corrected chi connectivity index (χ1v) is 6.42. The highest BCUT2D eigenvalue weighted by molar-refractivity contribution is 5.91. The van der Waals surface area contributed by atoms with Gasteiger partial charge >= 0.3 is 5.97 Å². The number of aldehydes is 1. The lowest BCUT2D eigenvalue weighted by Crippen LogP contribution is -2.23. The maximum Gasteiger partial charge on any atom is 0.338 e. The summed E-state index contributed by atoms with van der Waals surface area (Å²) in [7, 11) is 0. The lowest BCUT2D eigenvalue weighted by atomic mass is 10.1. The molecule has 21 heavy (non-hydrogen) atoms. The van der Waals surface area contributed by atoms with Gasteiger partial charge in [0.15, 0.2) is 12.0 Å². The summed E-state index contributed by atoms with van der Waals surface area (Å²) in [5.74, 6) is -0.117. The number of carbonyl (C=O) groups is 2. The molecule has 1 N–H and O–H groups in total. The van der Waals surface area contributed by atoms with Crippen LogP contribution in [0.3, 0.4) is 0 Å². The molecule has 0 aliphatic carbocycles. The Bertz CT molecular complexity index is 676. The van der Waals surface area contributed by atoms with E-state index < -0.39 is 11.6 Å². The molecule has 0 fully saturated rings. The van der Waals surface area contributed by atoms with Gasteiger partial charge in [0, 0.05) is 0 Å². The topological polar surface area (TPSA) is 76.7 Å². The summed E-state index contributed by atoms with van der Waals surface area (Å²) in [6.45, 7) is 5.30. The van der Waals surface area contributed by atoms with Crippen LogP contribution in [0, 0.1) is 0 Å². The normalized spacial score (nSPS) is 11.2. The van der Waals surface area contributed by atoms with Crippen LogP contribution in [0.5, 0.6) is 5.75 Å². The van der Waals surface area contributed by atoms with Gasteiger partial charge in [0.2, 0.25) is 0 Å². The van der Waals surface area contributed by atoms with Crippen molar-refractivity contribution in [3.63, 3.8) is 0 Å². The monoisotopic (exact) mass is 288 g/mol. The Morgan fingerprint density at radius 1 is 1.24 bits per heavy atom. The second kappa shape index (κ2) is 5.44. The molecule has 5 heteroatoms. The van der Waals surface area contributed by atoms with Gasteiger partial charge in [-0.2, -0.15) is 0 Å². The van der Waals surface area contributed by atoms with E-state index in [4.69, 9.17) is 9.15 Å². The first-order chi connectivity index (χ1) is 9.80. The van der Waals surface area contributed by atoms with E-state index in [0.29, 0.717) is 17.6 Å². The van der Waals surface area contributed by atoms with Crippen molar-refractivity contribution < 1.29 is 23.8 Å². The molecule has 0 saturated carbocycles. The Labute approximate surface area is 122 Å². The molecule has 0 amide bonds. The van der Waals surface area contributed by atoms with Gasteiger partial charge in [0.05, 0.1) is 11.1 Å². The predicted octanol–water partition coefficient (Wildman–Crippen LogP) is 3.42. The molecule has 0 saturated heterocycles. The van der Waals surface area contributed by atoms with Gasteiger partial charge in [-0.15, -0.1) is 0 Å². The molecule has 1 heterocycles. The third kappa shape index (κ3) is 3.51. The highest BCUT2D eigenvalue weighted by Gasteiger charge is 2.19. The largest absolute Gasteiger partial charge is 0.507 e. The van der Waals surface area contributed by atoms with Crippen molar-refractivity contribution in [3.05, 3.63) is 41.7 Å². The first-order valence-electron chi connectivity index (χ1n) is 6.42. The van der Waals surface area contributed by atoms with Crippen molar-refractivity contribution in [2.75, 3.05) is 0 Å². The molecule has 0 aliphatic rings. The third-order valence-electron chi connectivity index (χ3n) is 2.64. The highest BCUT2D eigenvalue weighted by atomic mass is 16.6. The second-order valence-electron chi connectivity index (χ2n) is 5.55. The molecule has 0 unspecified atom stereocenters. The minimum atomic E-state index is -0.606. The molecule has 110 valence electrons. The Hall–Kier alpha value is -2.56. The number of esters is 1. The van der Waals surface area contributed by atoms with E-state index >= 15 is 0 Å². The molecule has 0 bridgehead atoms. The molecular formula is C16H16O5. The molecule has 2 aromatic rings. The molecule has 0 spiro atoms. The predicted molar refractivity (Wildman–Crippen MR) is 76.4 cm³/mol. The fraction of sp³-hybridized carbons (Fsp3) is 0.250. The molecule has 0 radical (unpaired) electrons. The highest BCUT2D eigenvalue weighted by Crippen LogP contribution is 2.31. The van der Waals surface area contributed by atoms with Crippen molar-refractivity contribution in [1.82, 2.24) is 0 Å². The number of ether oxygens (including phenoxy) is 1.